The predicted molar refractivity (Wildman–Crippen MR) is 54.0 cm³/mol. The molecule has 0 saturated heterocycles. The summed E-state index contributed by atoms with van der Waals surface area (Å²) in [6.45, 7) is 0. The van der Waals surface area contributed by atoms with Crippen LogP contribution in [0, 0.1) is 5.82 Å². The Hall–Kier alpha value is -1.85. The van der Waals surface area contributed by atoms with E-state index in [2.05, 4.69) is 0 Å². The number of hydrogen-bond donors (Lipinski definition) is 0. The maximum absolute atomic E-state index is 13.2. The fourth-order valence-corrected chi connectivity index (χ4v) is 1.67. The zero-order valence-corrected chi connectivity index (χ0v) is 9.00. The van der Waals surface area contributed by atoms with Crippen molar-refractivity contribution in [3.05, 3.63) is 47.5 Å². The minimum atomic E-state index is -4.63. The molecule has 0 N–H and O–H groups in total. The molecule has 0 saturated carbocycles. The molecule has 0 aromatic heterocycles. The molecule has 1 atom stereocenters. The second-order valence-corrected chi connectivity index (χ2v) is 3.87. The van der Waals surface area contributed by atoms with Crippen molar-refractivity contribution in [3.8, 4) is 0 Å². The third-order valence-electron chi connectivity index (χ3n) is 2.50. The van der Waals surface area contributed by atoms with E-state index >= 15 is 0 Å². The molecule has 1 aromatic carbocycles. The summed E-state index contributed by atoms with van der Waals surface area (Å²) < 4.78 is 55.7. The Morgan fingerprint density at radius 3 is 2.56 bits per heavy atom. The van der Waals surface area contributed by atoms with Crippen LogP contribution in [0.4, 0.5) is 17.6 Å². The normalized spacial score (nSPS) is 19.8. The molecule has 18 heavy (non-hydrogen) atoms. The predicted octanol–water partition coefficient (Wildman–Crippen LogP) is 3.39. The van der Waals surface area contributed by atoms with Gasteiger partial charge in [0.2, 0.25) is 0 Å². The fourth-order valence-electron chi connectivity index (χ4n) is 1.67. The lowest BCUT2D eigenvalue weighted by molar-refractivity contribution is -0.137. The average molecular weight is 260 g/mol. The second kappa shape index (κ2) is 4.44. The lowest BCUT2D eigenvalue weighted by Gasteiger charge is -2.20. The number of rotatable bonds is 1. The van der Waals surface area contributed by atoms with E-state index in [1.54, 1.807) is 0 Å². The molecule has 0 fully saturated rings. The first-order valence-electron chi connectivity index (χ1n) is 5.09. The Morgan fingerprint density at radius 2 is 1.94 bits per heavy atom. The van der Waals surface area contributed by atoms with Gasteiger partial charge >= 0.3 is 6.18 Å². The quantitative estimate of drug-likeness (QED) is 0.723. The molecular formula is C12H8F4O2. The first kappa shape index (κ1) is 12.6. The van der Waals surface area contributed by atoms with Gasteiger partial charge in [-0.25, -0.2) is 4.39 Å². The summed E-state index contributed by atoms with van der Waals surface area (Å²) in [7, 11) is 0. The van der Waals surface area contributed by atoms with E-state index in [0.29, 0.717) is 6.07 Å². The molecule has 96 valence electrons. The highest BCUT2D eigenvalue weighted by atomic mass is 19.4. The molecule has 2 nitrogen and oxygen atoms in total. The van der Waals surface area contributed by atoms with Gasteiger partial charge in [-0.1, -0.05) is 0 Å². The molecule has 0 bridgehead atoms. The third-order valence-corrected chi connectivity index (χ3v) is 2.50. The van der Waals surface area contributed by atoms with Gasteiger partial charge in [0.15, 0.2) is 5.78 Å². The number of halogens is 4. The Balaban J connectivity index is 2.37. The number of benzene rings is 1. The highest BCUT2D eigenvalue weighted by molar-refractivity contribution is 5.90. The highest BCUT2D eigenvalue weighted by Gasteiger charge is 2.32. The molecule has 1 unspecified atom stereocenters. The van der Waals surface area contributed by atoms with Gasteiger partial charge in [0.1, 0.15) is 11.9 Å². The summed E-state index contributed by atoms with van der Waals surface area (Å²) in [4.78, 5) is 11.1. The van der Waals surface area contributed by atoms with Gasteiger partial charge in [0.25, 0.3) is 0 Å². The van der Waals surface area contributed by atoms with E-state index in [9.17, 15) is 22.4 Å². The summed E-state index contributed by atoms with van der Waals surface area (Å²) in [5, 5.41) is 0. The smallest absolute Gasteiger partial charge is 0.416 e. The molecule has 6 heteroatoms. The van der Waals surface area contributed by atoms with Crippen molar-refractivity contribution in [2.75, 3.05) is 0 Å². The molecule has 1 aliphatic heterocycles. The van der Waals surface area contributed by atoms with Gasteiger partial charge < -0.3 is 4.74 Å². The zero-order valence-electron chi connectivity index (χ0n) is 9.00. The molecule has 2 rings (SSSR count). The first-order valence-corrected chi connectivity index (χ1v) is 5.09. The van der Waals surface area contributed by atoms with Gasteiger partial charge in [0.05, 0.1) is 18.2 Å². The molecule has 0 amide bonds. The third kappa shape index (κ3) is 2.69. The SMILES string of the molecule is O=C1C=COC(c2cc(F)cc(C(F)(F)F)c2)C1. The summed E-state index contributed by atoms with van der Waals surface area (Å²) >= 11 is 0. The van der Waals surface area contributed by atoms with Crippen molar-refractivity contribution in [2.24, 2.45) is 0 Å². The topological polar surface area (TPSA) is 26.3 Å². The van der Waals surface area contributed by atoms with Crippen LogP contribution >= 0.6 is 0 Å². The zero-order chi connectivity index (χ0) is 13.3. The molecule has 0 spiro atoms. The maximum Gasteiger partial charge on any atom is 0.416 e. The van der Waals surface area contributed by atoms with Gasteiger partial charge in [-0.15, -0.1) is 0 Å². The lowest BCUT2D eigenvalue weighted by Crippen LogP contribution is -2.13. The molecule has 1 aromatic rings. The van der Waals surface area contributed by atoms with Gasteiger partial charge in [-0.3, -0.25) is 4.79 Å². The number of ketones is 1. The monoisotopic (exact) mass is 260 g/mol. The standard InChI is InChI=1S/C12H8F4O2/c13-9-4-7(3-8(5-9)12(14,15)16)11-6-10(17)1-2-18-11/h1-5,11H,6H2. The maximum atomic E-state index is 13.2. The van der Waals surface area contributed by atoms with Crippen LogP contribution in [-0.2, 0) is 15.7 Å². The van der Waals surface area contributed by atoms with Crippen LogP contribution in [-0.4, -0.2) is 5.78 Å². The Morgan fingerprint density at radius 1 is 1.22 bits per heavy atom. The van der Waals surface area contributed by atoms with E-state index < -0.39 is 23.7 Å². The molecule has 0 radical (unpaired) electrons. The van der Waals surface area contributed by atoms with E-state index in [1.165, 1.54) is 6.08 Å². The van der Waals surface area contributed by atoms with Crippen LogP contribution in [0.1, 0.15) is 23.7 Å². The average Bonchev–Trinajstić information content (AvgIpc) is 2.27. The van der Waals surface area contributed by atoms with Crippen molar-refractivity contribution < 1.29 is 27.1 Å². The van der Waals surface area contributed by atoms with Crippen molar-refractivity contribution >= 4 is 5.78 Å². The van der Waals surface area contributed by atoms with Crippen molar-refractivity contribution in [3.63, 3.8) is 0 Å². The van der Waals surface area contributed by atoms with E-state index in [-0.39, 0.29) is 17.8 Å². The van der Waals surface area contributed by atoms with Crippen LogP contribution in [0.5, 0.6) is 0 Å². The largest absolute Gasteiger partial charge is 0.493 e. The van der Waals surface area contributed by atoms with Crippen LogP contribution in [0.3, 0.4) is 0 Å². The first-order chi connectivity index (χ1) is 8.36. The number of carbonyl (C=O) groups excluding carboxylic acids is 1. The van der Waals surface area contributed by atoms with Crippen molar-refractivity contribution in [1.29, 1.82) is 0 Å². The highest BCUT2D eigenvalue weighted by Crippen LogP contribution is 2.33. The van der Waals surface area contributed by atoms with Gasteiger partial charge in [-0.05, 0) is 23.8 Å². The Labute approximate surface area is 99.9 Å². The summed E-state index contributed by atoms with van der Waals surface area (Å²) in [6.07, 6.45) is -3.32. The molecule has 1 heterocycles. The van der Waals surface area contributed by atoms with Crippen molar-refractivity contribution in [2.45, 2.75) is 18.7 Å². The van der Waals surface area contributed by atoms with Crippen LogP contribution in [0.25, 0.3) is 0 Å². The number of hydrogen-bond acceptors (Lipinski definition) is 2. The number of ether oxygens (including phenoxy) is 1. The van der Waals surface area contributed by atoms with Crippen LogP contribution in [0.15, 0.2) is 30.5 Å². The second-order valence-electron chi connectivity index (χ2n) is 3.87. The number of carbonyl (C=O) groups is 1. The summed E-state index contributed by atoms with van der Waals surface area (Å²) in [5.41, 5.74) is -1.09. The van der Waals surface area contributed by atoms with Gasteiger partial charge in [-0.2, -0.15) is 13.2 Å². The number of allylic oxidation sites excluding steroid dienone is 1. The van der Waals surface area contributed by atoms with Crippen molar-refractivity contribution in [1.82, 2.24) is 0 Å². The number of alkyl halides is 3. The summed E-state index contributed by atoms with van der Waals surface area (Å²) in [6, 6.07) is 2.14. The Kier molecular flexibility index (Phi) is 3.11. The lowest BCUT2D eigenvalue weighted by atomic mass is 10.00. The molecule has 1 aliphatic rings. The molecule has 0 aliphatic carbocycles. The Bertz CT molecular complexity index is 505. The van der Waals surface area contributed by atoms with E-state index in [4.69, 9.17) is 4.74 Å². The minimum Gasteiger partial charge on any atom is -0.493 e. The summed E-state index contributed by atoms with van der Waals surface area (Å²) in [5.74, 6) is -1.28. The fraction of sp³-hybridized carbons (Fsp3) is 0.250. The van der Waals surface area contributed by atoms with Crippen LogP contribution in [0.2, 0.25) is 0 Å². The van der Waals surface area contributed by atoms with Gasteiger partial charge in [0, 0.05) is 6.08 Å². The minimum absolute atomic E-state index is 0.0000231. The molecular weight excluding hydrogens is 252 g/mol. The van der Waals surface area contributed by atoms with E-state index in [1.807, 2.05) is 0 Å². The van der Waals surface area contributed by atoms with E-state index in [0.717, 1.165) is 18.4 Å². The van der Waals surface area contributed by atoms with Crippen LogP contribution < -0.4 is 0 Å².